The van der Waals surface area contributed by atoms with Gasteiger partial charge < -0.3 is 29.9 Å². The molecule has 0 bridgehead atoms. The third kappa shape index (κ3) is 5.39. The number of anilines is 3. The number of carbonyl (C=O) groups excluding carboxylic acids is 2. The molecule has 3 amide bonds. The zero-order valence-corrected chi connectivity index (χ0v) is 18.5. The summed E-state index contributed by atoms with van der Waals surface area (Å²) in [5.41, 5.74) is 2.44. The van der Waals surface area contributed by atoms with E-state index in [2.05, 4.69) is 10.6 Å². The van der Waals surface area contributed by atoms with Crippen LogP contribution in [0.3, 0.4) is 0 Å². The van der Waals surface area contributed by atoms with Crippen LogP contribution in [-0.2, 0) is 0 Å². The summed E-state index contributed by atoms with van der Waals surface area (Å²) in [6.45, 7) is 1.53. The van der Waals surface area contributed by atoms with Crippen molar-refractivity contribution in [2.75, 3.05) is 56.9 Å². The van der Waals surface area contributed by atoms with Crippen molar-refractivity contribution < 1.29 is 19.1 Å². The van der Waals surface area contributed by atoms with Crippen molar-refractivity contribution >= 4 is 29.0 Å². The molecule has 0 spiro atoms. The molecule has 0 saturated carbocycles. The minimum atomic E-state index is -0.433. The second-order valence-corrected chi connectivity index (χ2v) is 7.62. The molecular formula is C23H30N4O4. The fraction of sp³-hybridized carbons (Fsp3) is 0.391. The summed E-state index contributed by atoms with van der Waals surface area (Å²) in [5, 5.41) is 5.58. The lowest BCUT2D eigenvalue weighted by Gasteiger charge is -2.28. The van der Waals surface area contributed by atoms with E-state index in [1.54, 1.807) is 37.4 Å². The first-order valence-electron chi connectivity index (χ1n) is 10.3. The zero-order chi connectivity index (χ0) is 22.4. The Morgan fingerprint density at radius 2 is 1.68 bits per heavy atom. The average molecular weight is 427 g/mol. The lowest BCUT2D eigenvalue weighted by Crippen LogP contribution is -2.36. The van der Waals surface area contributed by atoms with Crippen LogP contribution in [0.5, 0.6) is 11.5 Å². The highest BCUT2D eigenvalue weighted by Gasteiger charge is 2.22. The Morgan fingerprint density at radius 1 is 0.935 bits per heavy atom. The summed E-state index contributed by atoms with van der Waals surface area (Å²) in [7, 11) is 6.89. The molecular weight excluding hydrogens is 396 g/mol. The molecule has 0 unspecified atom stereocenters. The Morgan fingerprint density at radius 3 is 2.32 bits per heavy atom. The van der Waals surface area contributed by atoms with Crippen LogP contribution in [0.2, 0.25) is 0 Å². The molecule has 0 atom stereocenters. The van der Waals surface area contributed by atoms with Gasteiger partial charge in [0.25, 0.3) is 5.91 Å². The molecule has 3 rings (SSSR count). The van der Waals surface area contributed by atoms with Gasteiger partial charge in [-0.2, -0.15) is 0 Å². The van der Waals surface area contributed by atoms with Gasteiger partial charge in [0.2, 0.25) is 0 Å². The van der Waals surface area contributed by atoms with Crippen molar-refractivity contribution in [3.63, 3.8) is 0 Å². The molecule has 2 aromatic rings. The summed E-state index contributed by atoms with van der Waals surface area (Å²) in [5.74, 6) is 1.10. The SMILES string of the molecule is COc1ccc(NC(=O)Nc2ccc(N(C)C)c(C(=O)N3CCCCC3)c2)c(OC)c1. The Labute approximate surface area is 183 Å². The molecule has 1 fully saturated rings. The van der Waals surface area contributed by atoms with Gasteiger partial charge in [-0.05, 0) is 49.6 Å². The predicted molar refractivity (Wildman–Crippen MR) is 123 cm³/mol. The number of nitrogens with zero attached hydrogens (tertiary/aromatic N) is 2. The Kier molecular flexibility index (Phi) is 7.23. The van der Waals surface area contributed by atoms with Gasteiger partial charge in [0.15, 0.2) is 0 Å². The third-order valence-electron chi connectivity index (χ3n) is 5.27. The van der Waals surface area contributed by atoms with E-state index in [0.29, 0.717) is 28.4 Å². The molecule has 0 radical (unpaired) electrons. The van der Waals surface area contributed by atoms with Crippen molar-refractivity contribution in [1.82, 2.24) is 4.90 Å². The van der Waals surface area contributed by atoms with Gasteiger partial charge in [-0.3, -0.25) is 4.79 Å². The highest BCUT2D eigenvalue weighted by Crippen LogP contribution is 2.30. The second-order valence-electron chi connectivity index (χ2n) is 7.62. The van der Waals surface area contributed by atoms with Crippen LogP contribution >= 0.6 is 0 Å². The zero-order valence-electron chi connectivity index (χ0n) is 18.5. The normalized spacial score (nSPS) is 13.4. The number of hydrogen-bond acceptors (Lipinski definition) is 5. The maximum atomic E-state index is 13.1. The topological polar surface area (TPSA) is 83.1 Å². The van der Waals surface area contributed by atoms with Crippen LogP contribution in [0, 0.1) is 0 Å². The van der Waals surface area contributed by atoms with Gasteiger partial charge in [-0.25, -0.2) is 4.79 Å². The summed E-state index contributed by atoms with van der Waals surface area (Å²) in [4.78, 5) is 29.5. The monoisotopic (exact) mass is 426 g/mol. The van der Waals surface area contributed by atoms with Gasteiger partial charge in [-0.1, -0.05) is 0 Å². The lowest BCUT2D eigenvalue weighted by atomic mass is 10.1. The quantitative estimate of drug-likeness (QED) is 0.728. The van der Waals surface area contributed by atoms with Crippen molar-refractivity contribution in [2.24, 2.45) is 0 Å². The van der Waals surface area contributed by atoms with E-state index in [1.807, 2.05) is 30.0 Å². The minimum absolute atomic E-state index is 0.00992. The highest BCUT2D eigenvalue weighted by atomic mass is 16.5. The van der Waals surface area contributed by atoms with Crippen molar-refractivity contribution in [3.8, 4) is 11.5 Å². The molecule has 0 aliphatic carbocycles. The molecule has 1 heterocycles. The Hall–Kier alpha value is -3.42. The first kappa shape index (κ1) is 22.3. The fourth-order valence-electron chi connectivity index (χ4n) is 3.63. The minimum Gasteiger partial charge on any atom is -0.497 e. The number of ether oxygens (including phenoxy) is 2. The summed E-state index contributed by atoms with van der Waals surface area (Å²) in [6, 6.07) is 10.1. The van der Waals surface area contributed by atoms with Gasteiger partial charge in [0, 0.05) is 44.6 Å². The third-order valence-corrected chi connectivity index (χ3v) is 5.27. The summed E-state index contributed by atoms with van der Waals surface area (Å²) < 4.78 is 10.5. The summed E-state index contributed by atoms with van der Waals surface area (Å²) in [6.07, 6.45) is 3.20. The van der Waals surface area contributed by atoms with E-state index < -0.39 is 6.03 Å². The predicted octanol–water partition coefficient (Wildman–Crippen LogP) is 4.04. The number of carbonyl (C=O) groups is 2. The highest BCUT2D eigenvalue weighted by molar-refractivity contribution is 6.04. The molecule has 31 heavy (non-hydrogen) atoms. The van der Waals surface area contributed by atoms with E-state index in [1.165, 1.54) is 7.11 Å². The number of piperidine rings is 1. The summed E-state index contributed by atoms with van der Waals surface area (Å²) >= 11 is 0. The number of methoxy groups -OCH3 is 2. The van der Waals surface area contributed by atoms with Crippen molar-refractivity contribution in [2.45, 2.75) is 19.3 Å². The van der Waals surface area contributed by atoms with Gasteiger partial charge in [0.1, 0.15) is 11.5 Å². The number of nitrogens with one attached hydrogen (secondary N) is 2. The number of hydrogen-bond donors (Lipinski definition) is 2. The molecule has 1 saturated heterocycles. The smallest absolute Gasteiger partial charge is 0.323 e. The fourth-order valence-corrected chi connectivity index (χ4v) is 3.63. The van der Waals surface area contributed by atoms with E-state index >= 15 is 0 Å². The molecule has 1 aliphatic heterocycles. The van der Waals surface area contributed by atoms with Gasteiger partial charge in [-0.15, -0.1) is 0 Å². The molecule has 8 nitrogen and oxygen atoms in total. The van der Waals surface area contributed by atoms with E-state index in [0.717, 1.165) is 38.0 Å². The number of amides is 3. The molecule has 2 N–H and O–H groups in total. The van der Waals surface area contributed by atoms with Crippen LogP contribution in [0.4, 0.5) is 21.9 Å². The van der Waals surface area contributed by atoms with Crippen LogP contribution < -0.4 is 25.0 Å². The molecule has 8 heteroatoms. The molecule has 166 valence electrons. The van der Waals surface area contributed by atoms with Crippen molar-refractivity contribution in [3.05, 3.63) is 42.0 Å². The van der Waals surface area contributed by atoms with Crippen molar-refractivity contribution in [1.29, 1.82) is 0 Å². The van der Waals surface area contributed by atoms with E-state index in [-0.39, 0.29) is 5.91 Å². The number of benzene rings is 2. The van der Waals surface area contributed by atoms with Crippen LogP contribution in [0.15, 0.2) is 36.4 Å². The Bertz CT molecular complexity index is 939. The largest absolute Gasteiger partial charge is 0.497 e. The molecule has 2 aromatic carbocycles. The standard InChI is InChI=1S/C23H30N4O4/c1-26(2)20-11-8-16(14-18(20)22(28)27-12-6-5-7-13-27)24-23(29)25-19-10-9-17(30-3)15-21(19)31-4/h8-11,14-15H,5-7,12-13H2,1-4H3,(H2,24,25,29). The van der Waals surface area contributed by atoms with Crippen LogP contribution in [-0.4, -0.2) is 58.2 Å². The molecule has 0 aromatic heterocycles. The van der Waals surface area contributed by atoms with E-state index in [9.17, 15) is 9.59 Å². The number of rotatable bonds is 6. The second kappa shape index (κ2) is 10.1. The maximum Gasteiger partial charge on any atom is 0.323 e. The average Bonchev–Trinajstić information content (AvgIpc) is 2.79. The van der Waals surface area contributed by atoms with Crippen LogP contribution in [0.1, 0.15) is 29.6 Å². The van der Waals surface area contributed by atoms with Gasteiger partial charge in [0.05, 0.1) is 25.5 Å². The number of urea groups is 1. The van der Waals surface area contributed by atoms with Crippen LogP contribution in [0.25, 0.3) is 0 Å². The van der Waals surface area contributed by atoms with Gasteiger partial charge >= 0.3 is 6.03 Å². The maximum absolute atomic E-state index is 13.1. The first-order chi connectivity index (χ1) is 14.9. The molecule has 1 aliphatic rings. The van der Waals surface area contributed by atoms with E-state index in [4.69, 9.17) is 9.47 Å². The first-order valence-corrected chi connectivity index (χ1v) is 10.3. The number of likely N-dealkylation sites (tertiary alicyclic amines) is 1. The lowest BCUT2D eigenvalue weighted by molar-refractivity contribution is 0.0725. The Balaban J connectivity index is 1.78.